The van der Waals surface area contributed by atoms with Crippen LogP contribution >= 0.6 is 35.8 Å². The lowest BCUT2D eigenvalue weighted by atomic mass is 10.0. The van der Waals surface area contributed by atoms with E-state index in [9.17, 15) is 4.79 Å². The number of thioether (sulfide) groups is 1. The lowest BCUT2D eigenvalue weighted by Gasteiger charge is -2.26. The Kier molecular flexibility index (Phi) is 5.79. The quantitative estimate of drug-likeness (QED) is 0.883. The Labute approximate surface area is 122 Å². The topological polar surface area (TPSA) is 55.1 Å². The van der Waals surface area contributed by atoms with E-state index in [1.54, 1.807) is 18.7 Å². The molecule has 0 saturated carbocycles. The molecule has 0 radical (unpaired) electrons. The molecule has 0 saturated heterocycles. The van der Waals surface area contributed by atoms with E-state index in [0.29, 0.717) is 5.02 Å². The van der Waals surface area contributed by atoms with Crippen LogP contribution in [0.15, 0.2) is 23.1 Å². The van der Waals surface area contributed by atoms with Gasteiger partial charge < -0.3 is 11.1 Å². The lowest BCUT2D eigenvalue weighted by Crippen LogP contribution is -2.41. The Bertz CT molecular complexity index is 440. The van der Waals surface area contributed by atoms with E-state index >= 15 is 0 Å². The molecule has 0 fully saturated rings. The fraction of sp³-hybridized carbons (Fsp3) is 0.417. The fourth-order valence-electron chi connectivity index (χ4n) is 1.82. The molecule has 6 heteroatoms. The highest BCUT2D eigenvalue weighted by molar-refractivity contribution is 7.99. The molecule has 100 valence electrons. The number of amides is 1. The lowest BCUT2D eigenvalue weighted by molar-refractivity contribution is -0.122. The van der Waals surface area contributed by atoms with Gasteiger partial charge in [0.1, 0.15) is 0 Å². The second kappa shape index (κ2) is 6.66. The van der Waals surface area contributed by atoms with Gasteiger partial charge in [-0.05, 0) is 37.1 Å². The van der Waals surface area contributed by atoms with Gasteiger partial charge in [-0.25, -0.2) is 0 Å². The standard InChI is InChI=1S/C12H15ClN2OS.ClH/c1-7(14)12(16)15-10-4-5-17-11-3-2-8(13)6-9(10)11;/h2-3,6-7,10H,4-5,14H2,1H3,(H,15,16);1H/t7-,10?;/m0./s1. The number of fused-ring (bicyclic) bond motifs is 1. The van der Waals surface area contributed by atoms with E-state index in [1.807, 2.05) is 18.2 Å². The Morgan fingerprint density at radius 2 is 2.33 bits per heavy atom. The van der Waals surface area contributed by atoms with Crippen molar-refractivity contribution < 1.29 is 4.79 Å². The number of hydrogen-bond acceptors (Lipinski definition) is 3. The maximum atomic E-state index is 11.6. The molecule has 2 rings (SSSR count). The normalized spacial score (nSPS) is 19.4. The van der Waals surface area contributed by atoms with E-state index in [2.05, 4.69) is 5.32 Å². The van der Waals surface area contributed by atoms with Crippen molar-refractivity contribution in [2.75, 3.05) is 5.75 Å². The zero-order valence-electron chi connectivity index (χ0n) is 9.98. The van der Waals surface area contributed by atoms with Crippen LogP contribution in [0, 0.1) is 0 Å². The van der Waals surface area contributed by atoms with Crippen LogP contribution in [0.2, 0.25) is 5.02 Å². The first-order chi connectivity index (χ1) is 8.08. The molecule has 0 bridgehead atoms. The summed E-state index contributed by atoms with van der Waals surface area (Å²) in [6, 6.07) is 5.36. The number of carbonyl (C=O) groups excluding carboxylic acids is 1. The maximum Gasteiger partial charge on any atom is 0.237 e. The van der Waals surface area contributed by atoms with Gasteiger partial charge in [-0.15, -0.1) is 24.2 Å². The number of rotatable bonds is 2. The number of hydrogen-bond donors (Lipinski definition) is 2. The van der Waals surface area contributed by atoms with Crippen molar-refractivity contribution in [1.29, 1.82) is 0 Å². The fourth-order valence-corrected chi connectivity index (χ4v) is 3.10. The van der Waals surface area contributed by atoms with Gasteiger partial charge in [0, 0.05) is 15.7 Å². The highest BCUT2D eigenvalue weighted by Crippen LogP contribution is 2.37. The van der Waals surface area contributed by atoms with Crippen molar-refractivity contribution in [3.05, 3.63) is 28.8 Å². The third kappa shape index (κ3) is 3.54. The molecule has 1 aliphatic heterocycles. The number of carbonyl (C=O) groups is 1. The van der Waals surface area contributed by atoms with E-state index in [1.165, 1.54) is 4.90 Å². The van der Waals surface area contributed by atoms with E-state index < -0.39 is 6.04 Å². The number of benzene rings is 1. The SMILES string of the molecule is C[C@H](N)C(=O)NC1CCSc2ccc(Cl)cc21.Cl. The molecule has 1 aliphatic rings. The summed E-state index contributed by atoms with van der Waals surface area (Å²) in [5, 5.41) is 3.67. The van der Waals surface area contributed by atoms with Gasteiger partial charge in [0.05, 0.1) is 12.1 Å². The van der Waals surface area contributed by atoms with E-state index in [0.717, 1.165) is 17.7 Å². The van der Waals surface area contributed by atoms with Gasteiger partial charge in [0.15, 0.2) is 0 Å². The monoisotopic (exact) mass is 306 g/mol. The number of halogens is 2. The average molecular weight is 307 g/mol. The molecule has 0 spiro atoms. The van der Waals surface area contributed by atoms with Gasteiger partial charge in [-0.3, -0.25) is 4.79 Å². The maximum absolute atomic E-state index is 11.6. The van der Waals surface area contributed by atoms with Crippen molar-refractivity contribution in [3.8, 4) is 0 Å². The third-order valence-corrected chi connectivity index (χ3v) is 4.10. The minimum absolute atomic E-state index is 0. The van der Waals surface area contributed by atoms with Crippen LogP contribution in [0.1, 0.15) is 24.9 Å². The van der Waals surface area contributed by atoms with Crippen LogP contribution < -0.4 is 11.1 Å². The predicted octanol–water partition coefficient (Wildman–Crippen LogP) is 2.76. The molecule has 18 heavy (non-hydrogen) atoms. The first-order valence-electron chi connectivity index (χ1n) is 5.56. The van der Waals surface area contributed by atoms with Crippen LogP contribution in [0.4, 0.5) is 0 Å². The molecule has 2 atom stereocenters. The Morgan fingerprint density at radius 3 is 3.00 bits per heavy atom. The number of nitrogens with one attached hydrogen (secondary N) is 1. The van der Waals surface area contributed by atoms with Crippen LogP contribution in [-0.2, 0) is 4.79 Å². The van der Waals surface area contributed by atoms with Gasteiger partial charge in [0.2, 0.25) is 5.91 Å². The summed E-state index contributed by atoms with van der Waals surface area (Å²) < 4.78 is 0. The molecular weight excluding hydrogens is 291 g/mol. The van der Waals surface area contributed by atoms with Crippen LogP contribution in [0.25, 0.3) is 0 Å². The Hall–Kier alpha value is -0.420. The van der Waals surface area contributed by atoms with Crippen molar-refractivity contribution >= 4 is 41.7 Å². The molecule has 1 aromatic rings. The second-order valence-corrected chi connectivity index (χ2v) is 5.74. The zero-order valence-corrected chi connectivity index (χ0v) is 12.4. The van der Waals surface area contributed by atoms with Crippen molar-refractivity contribution in [1.82, 2.24) is 5.32 Å². The second-order valence-electron chi connectivity index (χ2n) is 4.17. The molecule has 3 N–H and O–H groups in total. The first kappa shape index (κ1) is 15.6. The number of nitrogens with two attached hydrogens (primary N) is 1. The summed E-state index contributed by atoms with van der Waals surface area (Å²) in [5.74, 6) is 0.881. The minimum atomic E-state index is -0.479. The molecule has 1 heterocycles. The molecule has 1 aromatic carbocycles. The zero-order chi connectivity index (χ0) is 12.4. The van der Waals surface area contributed by atoms with Gasteiger partial charge >= 0.3 is 0 Å². The largest absolute Gasteiger partial charge is 0.348 e. The average Bonchev–Trinajstić information content (AvgIpc) is 2.29. The smallest absolute Gasteiger partial charge is 0.237 e. The molecular formula is C12H16Cl2N2OS. The van der Waals surface area contributed by atoms with Gasteiger partial charge in [-0.1, -0.05) is 11.6 Å². The van der Waals surface area contributed by atoms with Crippen LogP contribution in [0.5, 0.6) is 0 Å². The van der Waals surface area contributed by atoms with E-state index in [-0.39, 0.29) is 24.4 Å². The molecule has 0 aromatic heterocycles. The highest BCUT2D eigenvalue weighted by Gasteiger charge is 2.23. The summed E-state index contributed by atoms with van der Waals surface area (Å²) in [6.45, 7) is 1.69. The molecule has 1 unspecified atom stereocenters. The summed E-state index contributed by atoms with van der Waals surface area (Å²) in [6.07, 6.45) is 0.913. The molecule has 3 nitrogen and oxygen atoms in total. The predicted molar refractivity (Wildman–Crippen MR) is 78.6 cm³/mol. The van der Waals surface area contributed by atoms with Crippen molar-refractivity contribution in [2.24, 2.45) is 5.73 Å². The van der Waals surface area contributed by atoms with Crippen LogP contribution in [0.3, 0.4) is 0 Å². The highest BCUT2D eigenvalue weighted by atomic mass is 35.5. The van der Waals surface area contributed by atoms with Gasteiger partial charge in [-0.2, -0.15) is 0 Å². The third-order valence-electron chi connectivity index (χ3n) is 2.74. The molecule has 0 aliphatic carbocycles. The minimum Gasteiger partial charge on any atom is -0.348 e. The van der Waals surface area contributed by atoms with Gasteiger partial charge in [0.25, 0.3) is 0 Å². The summed E-state index contributed by atoms with van der Waals surface area (Å²) >= 11 is 7.79. The van der Waals surface area contributed by atoms with E-state index in [4.69, 9.17) is 17.3 Å². The Morgan fingerprint density at radius 1 is 1.61 bits per heavy atom. The van der Waals surface area contributed by atoms with Crippen molar-refractivity contribution in [3.63, 3.8) is 0 Å². The first-order valence-corrected chi connectivity index (χ1v) is 6.92. The summed E-state index contributed by atoms with van der Waals surface area (Å²) in [7, 11) is 0. The summed E-state index contributed by atoms with van der Waals surface area (Å²) in [4.78, 5) is 12.8. The van der Waals surface area contributed by atoms with Crippen molar-refractivity contribution in [2.45, 2.75) is 30.3 Å². The molecule has 1 amide bonds. The van der Waals surface area contributed by atoms with Crippen LogP contribution in [-0.4, -0.2) is 17.7 Å². The summed E-state index contributed by atoms with van der Waals surface area (Å²) in [5.41, 5.74) is 6.66. The Balaban J connectivity index is 0.00000162.